The molecule has 0 spiro atoms. The van der Waals surface area contributed by atoms with E-state index in [1.807, 2.05) is 36.4 Å². The fourth-order valence-electron chi connectivity index (χ4n) is 3.89. The molecule has 0 bridgehead atoms. The molecule has 0 N–H and O–H groups in total. The first-order valence-electron chi connectivity index (χ1n) is 9.73. The van der Waals surface area contributed by atoms with E-state index in [-0.39, 0.29) is 5.56 Å². The van der Waals surface area contributed by atoms with E-state index < -0.39 is 5.69 Å². The Morgan fingerprint density at radius 2 is 1.74 bits per heavy atom. The Morgan fingerprint density at radius 3 is 2.52 bits per heavy atom. The van der Waals surface area contributed by atoms with Gasteiger partial charge in [-0.3, -0.25) is 13.9 Å². The van der Waals surface area contributed by atoms with E-state index in [1.54, 1.807) is 17.9 Å². The Morgan fingerprint density at radius 1 is 0.968 bits per heavy atom. The monoisotopic (exact) mass is 434 g/mol. The van der Waals surface area contributed by atoms with Gasteiger partial charge in [-0.15, -0.1) is 0 Å². The summed E-state index contributed by atoms with van der Waals surface area (Å²) in [5.41, 5.74) is 2.78. The molecule has 5 rings (SSSR count). The van der Waals surface area contributed by atoms with Crippen molar-refractivity contribution >= 4 is 33.8 Å². The van der Waals surface area contributed by atoms with Gasteiger partial charge < -0.3 is 9.13 Å². The summed E-state index contributed by atoms with van der Waals surface area (Å²) in [6, 6.07) is 15.7. The third-order valence-electron chi connectivity index (χ3n) is 5.50. The van der Waals surface area contributed by atoms with Crippen LogP contribution in [-0.2, 0) is 27.2 Å². The number of fused-ring (bicyclic) bond motifs is 2. The molecular formula is C22H19ClN6O2. The molecule has 0 saturated heterocycles. The Labute approximate surface area is 181 Å². The predicted octanol–water partition coefficient (Wildman–Crippen LogP) is 2.53. The topological polar surface area (TPSA) is 79.6 Å². The standard InChI is InChI=1S/C22H19ClN6O2/c1-26-20-19(21(30)27(2)22(26)31)28(13-24-20)12-18-25-16-10-15(23)8-9-17(16)29(18)11-14-6-4-3-5-7-14/h3-10,13H,11-12H2,1-2H3. The SMILES string of the molecule is Cn1c(=O)c2c(ncn2Cc2nc3cc(Cl)ccc3n2Cc2ccccc2)n(C)c1=O. The number of imidazole rings is 2. The summed E-state index contributed by atoms with van der Waals surface area (Å²) in [6.07, 6.45) is 1.57. The van der Waals surface area contributed by atoms with Crippen LogP contribution in [0.4, 0.5) is 0 Å². The largest absolute Gasteiger partial charge is 0.332 e. The second-order valence-electron chi connectivity index (χ2n) is 7.48. The highest BCUT2D eigenvalue weighted by atomic mass is 35.5. The van der Waals surface area contributed by atoms with Crippen LogP contribution in [0, 0.1) is 0 Å². The van der Waals surface area contributed by atoms with E-state index in [4.69, 9.17) is 16.6 Å². The minimum atomic E-state index is -0.409. The van der Waals surface area contributed by atoms with Gasteiger partial charge in [0.25, 0.3) is 5.56 Å². The fraction of sp³-hybridized carbons (Fsp3) is 0.182. The highest BCUT2D eigenvalue weighted by Crippen LogP contribution is 2.23. The Balaban J connectivity index is 1.68. The normalized spacial score (nSPS) is 11.6. The van der Waals surface area contributed by atoms with Crippen LogP contribution in [0.2, 0.25) is 5.02 Å². The van der Waals surface area contributed by atoms with Gasteiger partial charge in [0.2, 0.25) is 0 Å². The third-order valence-corrected chi connectivity index (χ3v) is 5.74. The number of hydrogen-bond acceptors (Lipinski definition) is 4. The molecule has 0 saturated carbocycles. The molecule has 156 valence electrons. The van der Waals surface area contributed by atoms with Crippen LogP contribution in [0.25, 0.3) is 22.2 Å². The molecule has 0 aliphatic rings. The number of rotatable bonds is 4. The zero-order valence-electron chi connectivity index (χ0n) is 17.0. The lowest BCUT2D eigenvalue weighted by Crippen LogP contribution is -2.37. The molecule has 3 heterocycles. The quantitative estimate of drug-likeness (QED) is 0.435. The fourth-order valence-corrected chi connectivity index (χ4v) is 4.05. The van der Waals surface area contributed by atoms with E-state index in [0.29, 0.717) is 29.3 Å². The lowest BCUT2D eigenvalue weighted by atomic mass is 10.2. The summed E-state index contributed by atoms with van der Waals surface area (Å²) >= 11 is 6.19. The van der Waals surface area contributed by atoms with Crippen LogP contribution >= 0.6 is 11.6 Å². The van der Waals surface area contributed by atoms with Crippen molar-refractivity contribution in [3.63, 3.8) is 0 Å². The number of nitrogens with zero attached hydrogens (tertiary/aromatic N) is 6. The summed E-state index contributed by atoms with van der Waals surface area (Å²) in [5.74, 6) is 0.760. The number of hydrogen-bond donors (Lipinski definition) is 0. The van der Waals surface area contributed by atoms with E-state index in [9.17, 15) is 9.59 Å². The molecule has 0 unspecified atom stereocenters. The van der Waals surface area contributed by atoms with Crippen molar-refractivity contribution in [2.45, 2.75) is 13.1 Å². The second-order valence-corrected chi connectivity index (χ2v) is 7.92. The van der Waals surface area contributed by atoms with Gasteiger partial charge in [0, 0.05) is 25.7 Å². The van der Waals surface area contributed by atoms with Crippen LogP contribution in [0.1, 0.15) is 11.4 Å². The minimum absolute atomic E-state index is 0.322. The first kappa shape index (κ1) is 19.3. The molecule has 0 atom stereocenters. The van der Waals surface area contributed by atoms with Gasteiger partial charge in [-0.25, -0.2) is 14.8 Å². The summed E-state index contributed by atoms with van der Waals surface area (Å²) in [7, 11) is 3.07. The molecule has 0 amide bonds. The summed E-state index contributed by atoms with van der Waals surface area (Å²) < 4.78 is 6.31. The van der Waals surface area contributed by atoms with E-state index in [1.165, 1.54) is 11.6 Å². The molecule has 0 aliphatic heterocycles. The van der Waals surface area contributed by atoms with Gasteiger partial charge in [0.1, 0.15) is 5.82 Å². The molecule has 31 heavy (non-hydrogen) atoms. The van der Waals surface area contributed by atoms with Crippen LogP contribution in [0.15, 0.2) is 64.4 Å². The molecule has 2 aromatic carbocycles. The zero-order chi connectivity index (χ0) is 21.7. The van der Waals surface area contributed by atoms with Crippen molar-refractivity contribution in [3.05, 3.63) is 92.1 Å². The van der Waals surface area contributed by atoms with Crippen molar-refractivity contribution in [3.8, 4) is 0 Å². The first-order chi connectivity index (χ1) is 14.9. The van der Waals surface area contributed by atoms with Gasteiger partial charge in [-0.2, -0.15) is 0 Å². The molecular weight excluding hydrogens is 416 g/mol. The maximum atomic E-state index is 12.8. The summed E-state index contributed by atoms with van der Waals surface area (Å²) in [6.45, 7) is 0.945. The predicted molar refractivity (Wildman–Crippen MR) is 120 cm³/mol. The first-order valence-corrected chi connectivity index (χ1v) is 10.1. The summed E-state index contributed by atoms with van der Waals surface area (Å²) in [5, 5.41) is 0.611. The van der Waals surface area contributed by atoms with E-state index in [2.05, 4.69) is 21.7 Å². The lowest BCUT2D eigenvalue weighted by Gasteiger charge is -2.11. The number of aryl methyl sites for hydroxylation is 1. The highest BCUT2D eigenvalue weighted by molar-refractivity contribution is 6.31. The van der Waals surface area contributed by atoms with E-state index in [0.717, 1.165) is 27.0 Å². The van der Waals surface area contributed by atoms with Gasteiger partial charge in [-0.05, 0) is 23.8 Å². The average Bonchev–Trinajstić information content (AvgIpc) is 3.33. The van der Waals surface area contributed by atoms with Crippen molar-refractivity contribution < 1.29 is 0 Å². The highest BCUT2D eigenvalue weighted by Gasteiger charge is 2.17. The smallest absolute Gasteiger partial charge is 0.322 e. The molecule has 9 heteroatoms. The average molecular weight is 435 g/mol. The number of halogens is 1. The van der Waals surface area contributed by atoms with Crippen LogP contribution < -0.4 is 11.2 Å². The zero-order valence-corrected chi connectivity index (χ0v) is 17.7. The maximum Gasteiger partial charge on any atom is 0.332 e. The third kappa shape index (κ3) is 3.16. The van der Waals surface area contributed by atoms with Gasteiger partial charge in [-0.1, -0.05) is 41.9 Å². The van der Waals surface area contributed by atoms with Crippen LogP contribution in [0.3, 0.4) is 0 Å². The van der Waals surface area contributed by atoms with Crippen molar-refractivity contribution in [2.75, 3.05) is 0 Å². The van der Waals surface area contributed by atoms with Gasteiger partial charge in [0.15, 0.2) is 11.2 Å². The lowest BCUT2D eigenvalue weighted by molar-refractivity contribution is 0.676. The molecule has 0 aliphatic carbocycles. The Hall–Kier alpha value is -3.65. The molecule has 5 aromatic rings. The van der Waals surface area contributed by atoms with Crippen LogP contribution in [-0.4, -0.2) is 28.2 Å². The van der Waals surface area contributed by atoms with Gasteiger partial charge in [0.05, 0.1) is 23.9 Å². The van der Waals surface area contributed by atoms with Crippen molar-refractivity contribution in [1.82, 2.24) is 28.2 Å². The Bertz CT molecular complexity index is 1560. The number of benzene rings is 2. The van der Waals surface area contributed by atoms with Crippen molar-refractivity contribution in [2.24, 2.45) is 14.1 Å². The molecule has 0 radical (unpaired) electrons. The van der Waals surface area contributed by atoms with Gasteiger partial charge >= 0.3 is 5.69 Å². The molecule has 8 nitrogen and oxygen atoms in total. The second kappa shape index (κ2) is 7.24. The summed E-state index contributed by atoms with van der Waals surface area (Å²) in [4.78, 5) is 34.1. The van der Waals surface area contributed by atoms with Crippen LogP contribution in [0.5, 0.6) is 0 Å². The molecule has 0 fully saturated rings. The Kier molecular flexibility index (Phi) is 4.51. The molecule has 3 aromatic heterocycles. The minimum Gasteiger partial charge on any atom is -0.322 e. The number of aromatic nitrogens is 6. The van der Waals surface area contributed by atoms with Crippen molar-refractivity contribution in [1.29, 1.82) is 0 Å². The maximum absolute atomic E-state index is 12.8. The van der Waals surface area contributed by atoms with E-state index >= 15 is 0 Å².